The molecule has 0 saturated carbocycles. The van der Waals surface area contributed by atoms with Crippen LogP contribution in [-0.2, 0) is 6.54 Å². The van der Waals surface area contributed by atoms with Crippen LogP contribution >= 0.6 is 0 Å². The fourth-order valence-corrected chi connectivity index (χ4v) is 1.79. The molecule has 0 aliphatic carbocycles. The first-order chi connectivity index (χ1) is 8.49. The van der Waals surface area contributed by atoms with Crippen LogP contribution in [0.2, 0.25) is 0 Å². The van der Waals surface area contributed by atoms with Crippen molar-refractivity contribution in [1.29, 1.82) is 0 Å². The lowest BCUT2D eigenvalue weighted by molar-refractivity contribution is 0.0696. The number of carbonyl (C=O) groups is 1. The second-order valence-electron chi connectivity index (χ2n) is 5.21. The Labute approximate surface area is 108 Å². The van der Waals surface area contributed by atoms with Crippen molar-refractivity contribution in [3.05, 3.63) is 23.7 Å². The molecule has 1 unspecified atom stereocenters. The summed E-state index contributed by atoms with van der Waals surface area (Å²) >= 11 is 0. The van der Waals surface area contributed by atoms with Gasteiger partial charge in [-0.05, 0) is 25.3 Å². The number of carboxylic acid groups (broad SMARTS) is 1. The third kappa shape index (κ3) is 5.36. The predicted molar refractivity (Wildman–Crippen MR) is 70.7 cm³/mol. The highest BCUT2D eigenvalue weighted by Gasteiger charge is 2.09. The summed E-state index contributed by atoms with van der Waals surface area (Å²) in [5.74, 6) is 0.471. The molecular formula is C14H23NO3. The Bertz CT molecular complexity index is 371. The molecule has 0 spiro atoms. The van der Waals surface area contributed by atoms with E-state index in [0.717, 1.165) is 12.3 Å². The fourth-order valence-electron chi connectivity index (χ4n) is 1.79. The summed E-state index contributed by atoms with van der Waals surface area (Å²) in [6.07, 6.45) is 4.87. The minimum Gasteiger partial charge on any atom is -0.478 e. The third-order valence-corrected chi connectivity index (χ3v) is 2.94. The first kappa shape index (κ1) is 14.8. The minimum absolute atomic E-state index is 0.208. The molecule has 0 fully saturated rings. The van der Waals surface area contributed by atoms with Gasteiger partial charge in [0.15, 0.2) is 0 Å². The number of rotatable bonds is 8. The van der Waals surface area contributed by atoms with Crippen molar-refractivity contribution >= 4 is 5.97 Å². The monoisotopic (exact) mass is 253 g/mol. The Morgan fingerprint density at radius 1 is 1.39 bits per heavy atom. The normalized spacial score (nSPS) is 12.9. The molecule has 1 aromatic rings. The second-order valence-corrected chi connectivity index (χ2v) is 5.21. The molecule has 1 heterocycles. The Balaban J connectivity index is 2.24. The van der Waals surface area contributed by atoms with Crippen LogP contribution in [0, 0.1) is 5.92 Å². The highest BCUT2D eigenvalue weighted by atomic mass is 16.4. The summed E-state index contributed by atoms with van der Waals surface area (Å²) < 4.78 is 5.18. The molecule has 0 aliphatic rings. The maximum atomic E-state index is 10.7. The maximum absolute atomic E-state index is 10.7. The standard InChI is InChI=1S/C14H23NO3/c1-10(2)5-4-6-11(3)15-8-13-7-12(9-18-13)14(16)17/h7,9-11,15H,4-6,8H2,1-3H3,(H,16,17). The smallest absolute Gasteiger partial charge is 0.338 e. The fraction of sp³-hybridized carbons (Fsp3) is 0.643. The number of hydrogen-bond donors (Lipinski definition) is 2. The molecule has 0 saturated heterocycles. The summed E-state index contributed by atoms with van der Waals surface area (Å²) in [7, 11) is 0. The molecule has 4 nitrogen and oxygen atoms in total. The summed E-state index contributed by atoms with van der Waals surface area (Å²) in [4.78, 5) is 10.7. The van der Waals surface area contributed by atoms with Gasteiger partial charge in [0, 0.05) is 6.04 Å². The molecule has 4 heteroatoms. The van der Waals surface area contributed by atoms with Gasteiger partial charge in [0.25, 0.3) is 0 Å². The first-order valence-corrected chi connectivity index (χ1v) is 6.53. The van der Waals surface area contributed by atoms with E-state index in [-0.39, 0.29) is 5.56 Å². The molecule has 1 aromatic heterocycles. The van der Waals surface area contributed by atoms with Crippen molar-refractivity contribution in [2.24, 2.45) is 5.92 Å². The largest absolute Gasteiger partial charge is 0.478 e. The lowest BCUT2D eigenvalue weighted by atomic mass is 10.0. The van der Waals surface area contributed by atoms with Crippen molar-refractivity contribution in [2.45, 2.75) is 52.6 Å². The van der Waals surface area contributed by atoms with E-state index in [1.807, 2.05) is 0 Å². The lowest BCUT2D eigenvalue weighted by Gasteiger charge is -2.13. The van der Waals surface area contributed by atoms with E-state index < -0.39 is 5.97 Å². The Morgan fingerprint density at radius 2 is 2.11 bits per heavy atom. The summed E-state index contributed by atoms with van der Waals surface area (Å²) in [5, 5.41) is 12.1. The van der Waals surface area contributed by atoms with Gasteiger partial charge >= 0.3 is 5.97 Å². The Hall–Kier alpha value is -1.29. The summed E-state index contributed by atoms with van der Waals surface area (Å²) in [6, 6.07) is 1.98. The van der Waals surface area contributed by atoms with E-state index in [0.29, 0.717) is 18.3 Å². The number of carboxylic acids is 1. The maximum Gasteiger partial charge on any atom is 0.338 e. The van der Waals surface area contributed by atoms with E-state index in [2.05, 4.69) is 26.1 Å². The van der Waals surface area contributed by atoms with Crippen LogP contribution in [0.5, 0.6) is 0 Å². The molecular weight excluding hydrogens is 230 g/mol. The van der Waals surface area contributed by atoms with Crippen LogP contribution in [-0.4, -0.2) is 17.1 Å². The van der Waals surface area contributed by atoms with Gasteiger partial charge in [-0.15, -0.1) is 0 Å². The van der Waals surface area contributed by atoms with E-state index in [1.165, 1.54) is 19.1 Å². The zero-order valence-corrected chi connectivity index (χ0v) is 11.4. The van der Waals surface area contributed by atoms with Gasteiger partial charge in [0.1, 0.15) is 12.0 Å². The predicted octanol–water partition coefficient (Wildman–Crippen LogP) is 3.28. The molecule has 0 bridgehead atoms. The highest BCUT2D eigenvalue weighted by molar-refractivity contribution is 5.87. The van der Waals surface area contributed by atoms with E-state index in [1.54, 1.807) is 6.07 Å². The third-order valence-electron chi connectivity index (χ3n) is 2.94. The summed E-state index contributed by atoms with van der Waals surface area (Å²) in [6.45, 7) is 7.18. The lowest BCUT2D eigenvalue weighted by Crippen LogP contribution is -2.25. The van der Waals surface area contributed by atoms with Crippen LogP contribution in [0.3, 0.4) is 0 Å². The van der Waals surface area contributed by atoms with Crippen LogP contribution < -0.4 is 5.32 Å². The zero-order chi connectivity index (χ0) is 13.5. The van der Waals surface area contributed by atoms with Gasteiger partial charge in [-0.3, -0.25) is 0 Å². The van der Waals surface area contributed by atoms with Gasteiger partial charge in [-0.2, -0.15) is 0 Å². The average molecular weight is 253 g/mol. The van der Waals surface area contributed by atoms with Crippen molar-refractivity contribution < 1.29 is 14.3 Å². The van der Waals surface area contributed by atoms with Crippen LogP contribution in [0.25, 0.3) is 0 Å². The van der Waals surface area contributed by atoms with Crippen LogP contribution in [0.1, 0.15) is 56.2 Å². The average Bonchev–Trinajstić information content (AvgIpc) is 2.74. The molecule has 0 radical (unpaired) electrons. The number of furan rings is 1. The highest BCUT2D eigenvalue weighted by Crippen LogP contribution is 2.10. The summed E-state index contributed by atoms with van der Waals surface area (Å²) in [5.41, 5.74) is 0.208. The van der Waals surface area contributed by atoms with E-state index in [9.17, 15) is 4.79 Å². The van der Waals surface area contributed by atoms with Gasteiger partial charge in [-0.1, -0.05) is 26.7 Å². The van der Waals surface area contributed by atoms with Crippen molar-refractivity contribution in [2.75, 3.05) is 0 Å². The number of aromatic carboxylic acids is 1. The number of hydrogen-bond acceptors (Lipinski definition) is 3. The van der Waals surface area contributed by atoms with Crippen LogP contribution in [0.15, 0.2) is 16.7 Å². The van der Waals surface area contributed by atoms with Crippen LogP contribution in [0.4, 0.5) is 0 Å². The van der Waals surface area contributed by atoms with Gasteiger partial charge < -0.3 is 14.8 Å². The molecule has 18 heavy (non-hydrogen) atoms. The topological polar surface area (TPSA) is 62.5 Å². The van der Waals surface area contributed by atoms with Gasteiger partial charge in [0.05, 0.1) is 12.1 Å². The first-order valence-electron chi connectivity index (χ1n) is 6.53. The minimum atomic E-state index is -0.949. The van der Waals surface area contributed by atoms with Crippen molar-refractivity contribution in [3.8, 4) is 0 Å². The second kappa shape index (κ2) is 7.21. The Kier molecular flexibility index (Phi) is 5.92. The molecule has 102 valence electrons. The molecule has 0 aliphatic heterocycles. The molecule has 1 atom stereocenters. The number of nitrogens with one attached hydrogen (secondary N) is 1. The molecule has 2 N–H and O–H groups in total. The van der Waals surface area contributed by atoms with E-state index >= 15 is 0 Å². The van der Waals surface area contributed by atoms with Crippen molar-refractivity contribution in [1.82, 2.24) is 5.32 Å². The molecule has 1 rings (SSSR count). The van der Waals surface area contributed by atoms with Crippen molar-refractivity contribution in [3.63, 3.8) is 0 Å². The SMILES string of the molecule is CC(C)CCCC(C)NCc1cc(C(=O)O)co1. The van der Waals surface area contributed by atoms with Gasteiger partial charge in [0.2, 0.25) is 0 Å². The van der Waals surface area contributed by atoms with E-state index in [4.69, 9.17) is 9.52 Å². The molecule has 0 amide bonds. The quantitative estimate of drug-likeness (QED) is 0.746. The zero-order valence-electron chi connectivity index (χ0n) is 11.4. The molecule has 0 aromatic carbocycles. The van der Waals surface area contributed by atoms with Gasteiger partial charge in [-0.25, -0.2) is 4.79 Å². The Morgan fingerprint density at radius 3 is 2.67 bits per heavy atom.